The second-order valence-corrected chi connectivity index (χ2v) is 4.65. The summed E-state index contributed by atoms with van der Waals surface area (Å²) in [6, 6.07) is 0. The Kier molecular flexibility index (Phi) is 5.49. The molecule has 6 heteroatoms. The van der Waals surface area contributed by atoms with E-state index >= 15 is 0 Å². The number of allylic oxidation sites excluding steroid dienone is 1. The number of hydrogen-bond donors (Lipinski definition) is 1. The average molecular weight is 282 g/mol. The Balaban J connectivity index is 2.57. The van der Waals surface area contributed by atoms with Gasteiger partial charge in [0.1, 0.15) is 13.2 Å². The third-order valence-corrected chi connectivity index (χ3v) is 3.24. The first-order chi connectivity index (χ1) is 9.41. The molecule has 0 fully saturated rings. The van der Waals surface area contributed by atoms with Gasteiger partial charge in [0.25, 0.3) is 0 Å². The summed E-state index contributed by atoms with van der Waals surface area (Å²) in [5, 5.41) is 9.26. The van der Waals surface area contributed by atoms with Crippen molar-refractivity contribution in [3.05, 3.63) is 24.3 Å². The highest BCUT2D eigenvalue weighted by molar-refractivity contribution is 5.97. The van der Waals surface area contributed by atoms with E-state index in [2.05, 4.69) is 11.3 Å². The lowest BCUT2D eigenvalue weighted by atomic mass is 9.74. The van der Waals surface area contributed by atoms with Crippen LogP contribution in [0.25, 0.3) is 0 Å². The van der Waals surface area contributed by atoms with Crippen molar-refractivity contribution < 1.29 is 29.0 Å². The molecule has 0 heterocycles. The van der Waals surface area contributed by atoms with E-state index in [1.165, 1.54) is 6.92 Å². The Morgan fingerprint density at radius 3 is 2.65 bits per heavy atom. The quantitative estimate of drug-likeness (QED) is 0.450. The Bertz CT molecular complexity index is 451. The zero-order valence-electron chi connectivity index (χ0n) is 11.4. The van der Waals surface area contributed by atoms with Gasteiger partial charge in [-0.2, -0.15) is 0 Å². The summed E-state index contributed by atoms with van der Waals surface area (Å²) in [4.78, 5) is 34.0. The summed E-state index contributed by atoms with van der Waals surface area (Å²) >= 11 is 0. The van der Waals surface area contributed by atoms with Crippen LogP contribution >= 0.6 is 0 Å². The molecule has 0 aromatic rings. The van der Waals surface area contributed by atoms with Crippen LogP contribution in [0.15, 0.2) is 24.3 Å². The van der Waals surface area contributed by atoms with E-state index in [1.54, 1.807) is 6.08 Å². The fourth-order valence-corrected chi connectivity index (χ4v) is 2.01. The van der Waals surface area contributed by atoms with Crippen LogP contribution in [0.2, 0.25) is 0 Å². The zero-order valence-corrected chi connectivity index (χ0v) is 11.4. The molecule has 110 valence electrons. The molecule has 0 radical (unpaired) electrons. The van der Waals surface area contributed by atoms with Crippen LogP contribution < -0.4 is 0 Å². The van der Waals surface area contributed by atoms with E-state index in [0.717, 1.165) is 12.5 Å². The number of esters is 2. The fourth-order valence-electron chi connectivity index (χ4n) is 2.01. The minimum atomic E-state index is -1.22. The molecule has 1 rings (SSSR count). The largest absolute Gasteiger partial charge is 0.481 e. The van der Waals surface area contributed by atoms with Crippen molar-refractivity contribution in [1.29, 1.82) is 0 Å². The van der Waals surface area contributed by atoms with Crippen LogP contribution in [-0.2, 0) is 23.9 Å². The lowest BCUT2D eigenvalue weighted by Crippen LogP contribution is -2.36. The minimum absolute atomic E-state index is 0.0896. The van der Waals surface area contributed by atoms with Crippen LogP contribution in [0.1, 0.15) is 26.2 Å². The standard InChI is InChI=1S/C14H18O6/c1-3-11(15)19-8-9-20-12(16)10-6-4-5-7-14(10,2)13(17)18/h3,6H,1,4-5,7-9H2,2H3,(H,17,18). The van der Waals surface area contributed by atoms with E-state index in [4.69, 9.17) is 4.74 Å². The summed E-state index contributed by atoms with van der Waals surface area (Å²) in [6.07, 6.45) is 4.38. The van der Waals surface area contributed by atoms with E-state index < -0.39 is 23.3 Å². The smallest absolute Gasteiger partial charge is 0.334 e. The SMILES string of the molecule is C=CC(=O)OCCOC(=O)C1=CCCCC1(C)C(=O)O. The maximum absolute atomic E-state index is 11.9. The molecule has 0 bridgehead atoms. The van der Waals surface area contributed by atoms with Crippen molar-refractivity contribution in [2.75, 3.05) is 13.2 Å². The summed E-state index contributed by atoms with van der Waals surface area (Å²) < 4.78 is 9.60. The van der Waals surface area contributed by atoms with Crippen LogP contribution in [0.4, 0.5) is 0 Å². The van der Waals surface area contributed by atoms with Crippen molar-refractivity contribution in [2.24, 2.45) is 5.41 Å². The monoisotopic (exact) mass is 282 g/mol. The molecule has 1 atom stereocenters. The number of carboxylic acid groups (broad SMARTS) is 1. The van der Waals surface area contributed by atoms with E-state index in [-0.39, 0.29) is 18.8 Å². The minimum Gasteiger partial charge on any atom is -0.481 e. The highest BCUT2D eigenvalue weighted by Crippen LogP contribution is 2.38. The van der Waals surface area contributed by atoms with Crippen molar-refractivity contribution >= 4 is 17.9 Å². The number of carbonyl (C=O) groups is 3. The predicted octanol–water partition coefficient (Wildman–Crippen LogP) is 1.46. The maximum atomic E-state index is 11.9. The first kappa shape index (κ1) is 15.9. The molecule has 0 aromatic carbocycles. The van der Waals surface area contributed by atoms with Gasteiger partial charge >= 0.3 is 17.9 Å². The average Bonchev–Trinajstić information content (AvgIpc) is 2.43. The van der Waals surface area contributed by atoms with Gasteiger partial charge in [0, 0.05) is 6.08 Å². The molecule has 0 spiro atoms. The molecular formula is C14H18O6. The van der Waals surface area contributed by atoms with Crippen molar-refractivity contribution in [2.45, 2.75) is 26.2 Å². The molecule has 1 unspecified atom stereocenters. The van der Waals surface area contributed by atoms with E-state index in [1.807, 2.05) is 0 Å². The van der Waals surface area contributed by atoms with Gasteiger partial charge in [-0.05, 0) is 26.2 Å². The number of aliphatic carboxylic acids is 1. The first-order valence-corrected chi connectivity index (χ1v) is 6.32. The molecule has 1 aliphatic rings. The van der Waals surface area contributed by atoms with Gasteiger partial charge in [-0.1, -0.05) is 12.7 Å². The summed E-state index contributed by atoms with van der Waals surface area (Å²) in [5.41, 5.74) is -1.06. The van der Waals surface area contributed by atoms with Gasteiger partial charge in [0.2, 0.25) is 0 Å². The Morgan fingerprint density at radius 2 is 2.05 bits per heavy atom. The molecule has 1 aliphatic carbocycles. The second kappa shape index (κ2) is 6.88. The number of rotatable bonds is 6. The van der Waals surface area contributed by atoms with Gasteiger partial charge in [-0.3, -0.25) is 4.79 Å². The molecule has 0 aromatic heterocycles. The van der Waals surface area contributed by atoms with Gasteiger partial charge in [-0.15, -0.1) is 0 Å². The van der Waals surface area contributed by atoms with Crippen LogP contribution in [0, 0.1) is 5.41 Å². The molecule has 0 saturated heterocycles. The van der Waals surface area contributed by atoms with Crippen molar-refractivity contribution in [3.8, 4) is 0 Å². The van der Waals surface area contributed by atoms with Crippen molar-refractivity contribution in [1.82, 2.24) is 0 Å². The number of carbonyl (C=O) groups excluding carboxylic acids is 2. The van der Waals surface area contributed by atoms with Crippen LogP contribution in [-0.4, -0.2) is 36.2 Å². The topological polar surface area (TPSA) is 89.9 Å². The summed E-state index contributed by atoms with van der Waals surface area (Å²) in [6.45, 7) is 4.53. The first-order valence-electron chi connectivity index (χ1n) is 6.32. The van der Waals surface area contributed by atoms with E-state index in [0.29, 0.717) is 12.8 Å². The van der Waals surface area contributed by atoms with Crippen molar-refractivity contribution in [3.63, 3.8) is 0 Å². The predicted molar refractivity (Wildman–Crippen MR) is 69.8 cm³/mol. The molecule has 6 nitrogen and oxygen atoms in total. The van der Waals surface area contributed by atoms with Crippen LogP contribution in [0.3, 0.4) is 0 Å². The van der Waals surface area contributed by atoms with Gasteiger partial charge in [0.05, 0.1) is 11.0 Å². The molecule has 20 heavy (non-hydrogen) atoms. The maximum Gasteiger partial charge on any atom is 0.334 e. The number of ether oxygens (including phenoxy) is 2. The lowest BCUT2D eigenvalue weighted by Gasteiger charge is -2.29. The lowest BCUT2D eigenvalue weighted by molar-refractivity contribution is -0.153. The molecule has 0 aliphatic heterocycles. The second-order valence-electron chi connectivity index (χ2n) is 4.65. The van der Waals surface area contributed by atoms with E-state index in [9.17, 15) is 19.5 Å². The number of hydrogen-bond acceptors (Lipinski definition) is 5. The Hall–Kier alpha value is -2.11. The van der Waals surface area contributed by atoms with Gasteiger partial charge in [0.15, 0.2) is 0 Å². The Labute approximate surface area is 117 Å². The van der Waals surface area contributed by atoms with Gasteiger partial charge < -0.3 is 14.6 Å². The van der Waals surface area contributed by atoms with Gasteiger partial charge in [-0.25, -0.2) is 9.59 Å². The third-order valence-electron chi connectivity index (χ3n) is 3.24. The fraction of sp³-hybridized carbons (Fsp3) is 0.500. The highest BCUT2D eigenvalue weighted by atomic mass is 16.6. The Morgan fingerprint density at radius 1 is 1.40 bits per heavy atom. The summed E-state index contributed by atoms with van der Waals surface area (Å²) in [5.74, 6) is -2.32. The number of carboxylic acids is 1. The molecular weight excluding hydrogens is 264 g/mol. The van der Waals surface area contributed by atoms with Crippen LogP contribution in [0.5, 0.6) is 0 Å². The third kappa shape index (κ3) is 3.69. The highest BCUT2D eigenvalue weighted by Gasteiger charge is 2.42. The molecule has 1 N–H and O–H groups in total. The zero-order chi connectivity index (χ0) is 15.2. The summed E-state index contributed by atoms with van der Waals surface area (Å²) in [7, 11) is 0. The molecule has 0 saturated carbocycles. The molecule has 0 amide bonds. The normalized spacial score (nSPS) is 21.6.